The number of allylic oxidation sites excluding steroid dienone is 12. The van der Waals surface area contributed by atoms with Gasteiger partial charge in [-0.25, -0.2) is 0 Å². The molecule has 3 atom stereocenters. The monoisotopic (exact) mass is 838 g/mol. The van der Waals surface area contributed by atoms with Gasteiger partial charge in [0.25, 0.3) is 0 Å². The molecule has 6 heteroatoms. The quantitative estimate of drug-likeness (QED) is 0.0323. The van der Waals surface area contributed by atoms with Crippen molar-refractivity contribution in [3.05, 3.63) is 72.9 Å². The van der Waals surface area contributed by atoms with Gasteiger partial charge < -0.3 is 20.3 Å². The molecule has 0 fully saturated rings. The van der Waals surface area contributed by atoms with Crippen molar-refractivity contribution in [1.82, 2.24) is 5.32 Å². The fraction of sp³-hybridized carbons (Fsp3) is 0.741. The van der Waals surface area contributed by atoms with Crippen LogP contribution in [0.1, 0.15) is 233 Å². The van der Waals surface area contributed by atoms with Crippen LogP contribution in [0.5, 0.6) is 0 Å². The summed E-state index contributed by atoms with van der Waals surface area (Å²) < 4.78 is 5.90. The summed E-state index contributed by atoms with van der Waals surface area (Å²) in [6.45, 7) is 6.24. The Hall–Kier alpha value is -2.70. The van der Waals surface area contributed by atoms with Crippen molar-refractivity contribution in [2.45, 2.75) is 251 Å². The van der Waals surface area contributed by atoms with E-state index >= 15 is 0 Å². The highest BCUT2D eigenvalue weighted by Gasteiger charge is 2.24. The zero-order valence-corrected chi connectivity index (χ0v) is 39.3. The predicted molar refractivity (Wildman–Crippen MR) is 259 cm³/mol. The lowest BCUT2D eigenvalue weighted by Crippen LogP contribution is -2.46. The molecular formula is C54H95NO5. The molecule has 0 heterocycles. The van der Waals surface area contributed by atoms with E-state index in [1.165, 1.54) is 89.9 Å². The molecule has 0 aliphatic heterocycles. The number of aliphatic hydroxyl groups is 2. The van der Waals surface area contributed by atoms with Gasteiger partial charge >= 0.3 is 5.97 Å². The molecule has 3 N–H and O–H groups in total. The number of hydrogen-bond donors (Lipinski definition) is 3. The summed E-state index contributed by atoms with van der Waals surface area (Å²) in [5.74, 6) is -0.540. The second-order valence-corrected chi connectivity index (χ2v) is 16.8. The summed E-state index contributed by atoms with van der Waals surface area (Å²) in [6, 6.07) is -0.722. The molecule has 0 aliphatic carbocycles. The number of esters is 1. The van der Waals surface area contributed by atoms with Crippen molar-refractivity contribution < 1.29 is 24.5 Å². The summed E-state index contributed by atoms with van der Waals surface area (Å²) in [5.41, 5.74) is 0. The number of hydrogen-bond acceptors (Lipinski definition) is 5. The van der Waals surface area contributed by atoms with Gasteiger partial charge in [-0.3, -0.25) is 9.59 Å². The maximum atomic E-state index is 13.2. The van der Waals surface area contributed by atoms with E-state index in [4.69, 9.17) is 4.74 Å². The number of unbranched alkanes of at least 4 members (excludes halogenated alkanes) is 20. The van der Waals surface area contributed by atoms with Crippen molar-refractivity contribution in [3.8, 4) is 0 Å². The molecule has 0 spiro atoms. The molecule has 1 amide bonds. The standard InChI is InChI=1S/C54H95NO5/c1-4-7-10-13-16-19-22-25-28-30-33-36-39-42-45-50(60-54(59)47-44-41-38-35-32-29-26-23-20-17-14-11-8-5-2)48-53(58)55-51(49-56)52(57)46-43-40-37-34-31-27-24-21-18-15-12-9-6-3/h7-8,10-11,16-17,19-20,25,28,33,36,50-52,56-57H,4-6,9,12-15,18,21-24,26-27,29-32,34-35,37-49H2,1-3H3,(H,55,58)/b10-7+,11-8+,19-16+,20-17+,28-25+,36-33+. The van der Waals surface area contributed by atoms with Crippen LogP contribution >= 0.6 is 0 Å². The maximum absolute atomic E-state index is 13.2. The van der Waals surface area contributed by atoms with E-state index in [9.17, 15) is 19.8 Å². The van der Waals surface area contributed by atoms with Gasteiger partial charge in [0, 0.05) is 6.42 Å². The minimum Gasteiger partial charge on any atom is -0.462 e. The largest absolute Gasteiger partial charge is 0.462 e. The highest BCUT2D eigenvalue weighted by molar-refractivity contribution is 5.77. The van der Waals surface area contributed by atoms with Crippen LogP contribution in [-0.2, 0) is 14.3 Å². The smallest absolute Gasteiger partial charge is 0.306 e. The molecule has 0 saturated carbocycles. The molecule has 346 valence electrons. The van der Waals surface area contributed by atoms with Gasteiger partial charge in [-0.15, -0.1) is 0 Å². The number of nitrogens with one attached hydrogen (secondary N) is 1. The Bertz CT molecular complexity index is 1120. The van der Waals surface area contributed by atoms with Gasteiger partial charge in [-0.2, -0.15) is 0 Å². The lowest BCUT2D eigenvalue weighted by molar-refractivity contribution is -0.151. The van der Waals surface area contributed by atoms with E-state index in [-0.39, 0.29) is 24.9 Å². The maximum Gasteiger partial charge on any atom is 0.306 e. The molecule has 0 radical (unpaired) electrons. The molecule has 0 aromatic heterocycles. The van der Waals surface area contributed by atoms with Gasteiger partial charge in [0.1, 0.15) is 6.10 Å². The summed E-state index contributed by atoms with van der Waals surface area (Å²) in [5, 5.41) is 23.7. The van der Waals surface area contributed by atoms with Gasteiger partial charge in [0.05, 0.1) is 25.2 Å². The number of amides is 1. The summed E-state index contributed by atoms with van der Waals surface area (Å²) >= 11 is 0. The molecule has 0 aromatic carbocycles. The topological polar surface area (TPSA) is 95.9 Å². The van der Waals surface area contributed by atoms with Crippen LogP contribution in [0.25, 0.3) is 0 Å². The first-order chi connectivity index (χ1) is 29.5. The second kappa shape index (κ2) is 47.4. The summed E-state index contributed by atoms with van der Waals surface area (Å²) in [4.78, 5) is 26.1. The van der Waals surface area contributed by atoms with Crippen molar-refractivity contribution >= 4 is 11.9 Å². The first kappa shape index (κ1) is 57.3. The van der Waals surface area contributed by atoms with Gasteiger partial charge in [-0.1, -0.05) is 209 Å². The highest BCUT2D eigenvalue weighted by atomic mass is 16.5. The summed E-state index contributed by atoms with van der Waals surface area (Å²) in [7, 11) is 0. The van der Waals surface area contributed by atoms with Crippen LogP contribution < -0.4 is 5.32 Å². The lowest BCUT2D eigenvalue weighted by atomic mass is 10.0. The SMILES string of the molecule is CC/C=C/C/C=C/C/C=C/C/C=C/CCCC(CC(=O)NC(CO)C(O)CCCCCCCCCCCCCCC)OC(=O)CCCCCCCCC/C=C/C/C=C/CC. The molecule has 0 rings (SSSR count). The third-order valence-electron chi connectivity index (χ3n) is 11.0. The first-order valence-corrected chi connectivity index (χ1v) is 25.2. The second-order valence-electron chi connectivity index (χ2n) is 16.8. The molecule has 6 nitrogen and oxygen atoms in total. The van der Waals surface area contributed by atoms with Gasteiger partial charge in [0.2, 0.25) is 5.91 Å². The highest BCUT2D eigenvalue weighted by Crippen LogP contribution is 2.17. The zero-order chi connectivity index (χ0) is 43.8. The van der Waals surface area contributed by atoms with Crippen molar-refractivity contribution in [1.29, 1.82) is 0 Å². The van der Waals surface area contributed by atoms with Crippen LogP contribution in [0.2, 0.25) is 0 Å². The molecule has 60 heavy (non-hydrogen) atoms. The molecule has 0 aliphatic rings. The van der Waals surface area contributed by atoms with Crippen LogP contribution in [0.3, 0.4) is 0 Å². The summed E-state index contributed by atoms with van der Waals surface area (Å²) in [6.07, 6.45) is 59.6. The Balaban J connectivity index is 4.68. The fourth-order valence-corrected chi connectivity index (χ4v) is 7.29. The van der Waals surface area contributed by atoms with E-state index in [1.807, 2.05) is 0 Å². The third-order valence-corrected chi connectivity index (χ3v) is 11.0. The first-order valence-electron chi connectivity index (χ1n) is 25.2. The van der Waals surface area contributed by atoms with E-state index in [2.05, 4.69) is 99.0 Å². The van der Waals surface area contributed by atoms with E-state index < -0.39 is 18.2 Å². The average Bonchev–Trinajstić information content (AvgIpc) is 3.24. The average molecular weight is 838 g/mol. The third kappa shape index (κ3) is 42.0. The van der Waals surface area contributed by atoms with Crippen molar-refractivity contribution in [3.63, 3.8) is 0 Å². The predicted octanol–water partition coefficient (Wildman–Crippen LogP) is 15.0. The van der Waals surface area contributed by atoms with Crippen LogP contribution in [0, 0.1) is 0 Å². The van der Waals surface area contributed by atoms with E-state index in [0.29, 0.717) is 19.3 Å². The van der Waals surface area contributed by atoms with E-state index in [0.717, 1.165) is 96.3 Å². The van der Waals surface area contributed by atoms with Crippen molar-refractivity contribution in [2.75, 3.05) is 6.61 Å². The number of aliphatic hydroxyl groups excluding tert-OH is 2. The molecule has 0 aromatic rings. The zero-order valence-electron chi connectivity index (χ0n) is 39.3. The van der Waals surface area contributed by atoms with E-state index in [1.54, 1.807) is 0 Å². The Kier molecular flexibility index (Phi) is 45.2. The minimum atomic E-state index is -0.805. The molecule has 0 bridgehead atoms. The normalized spacial score (nSPS) is 13.9. The Morgan fingerprint density at radius 2 is 0.917 bits per heavy atom. The molecular weight excluding hydrogens is 743 g/mol. The lowest BCUT2D eigenvalue weighted by Gasteiger charge is -2.24. The Morgan fingerprint density at radius 1 is 0.500 bits per heavy atom. The Labute approximate surface area is 371 Å². The van der Waals surface area contributed by atoms with Gasteiger partial charge in [-0.05, 0) is 83.5 Å². The van der Waals surface area contributed by atoms with Crippen LogP contribution in [0.15, 0.2) is 72.9 Å². The van der Waals surface area contributed by atoms with Crippen LogP contribution in [0.4, 0.5) is 0 Å². The number of carbonyl (C=O) groups excluding carboxylic acids is 2. The van der Waals surface area contributed by atoms with Crippen LogP contribution in [-0.4, -0.2) is 46.9 Å². The number of ether oxygens (including phenoxy) is 1. The van der Waals surface area contributed by atoms with Gasteiger partial charge in [0.15, 0.2) is 0 Å². The Morgan fingerprint density at radius 3 is 1.40 bits per heavy atom. The number of carbonyl (C=O) groups is 2. The molecule has 0 saturated heterocycles. The molecule has 3 unspecified atom stereocenters. The van der Waals surface area contributed by atoms with Crippen molar-refractivity contribution in [2.24, 2.45) is 0 Å². The number of rotatable bonds is 44. The minimum absolute atomic E-state index is 0.0343. The fourth-order valence-electron chi connectivity index (χ4n) is 7.29.